The molecule has 8 heteroatoms. The van der Waals surface area contributed by atoms with Gasteiger partial charge in [-0.25, -0.2) is 9.78 Å². The van der Waals surface area contributed by atoms with Gasteiger partial charge in [-0.1, -0.05) is 25.1 Å². The molecule has 0 unspecified atom stereocenters. The molecular formula is C29H37N3O5. The largest absolute Gasteiger partial charge is 0.478 e. The summed E-state index contributed by atoms with van der Waals surface area (Å²) in [5.41, 5.74) is 3.88. The number of pyridine rings is 1. The second kappa shape index (κ2) is 11.9. The van der Waals surface area contributed by atoms with Crippen molar-refractivity contribution in [2.24, 2.45) is 5.92 Å². The smallest absolute Gasteiger partial charge is 0.335 e. The number of hydrogen-bond donors (Lipinski definition) is 2. The van der Waals surface area contributed by atoms with Crippen molar-refractivity contribution < 1.29 is 24.5 Å². The maximum Gasteiger partial charge on any atom is 0.335 e. The molecule has 2 aromatic rings. The molecular weight excluding hydrogens is 470 g/mol. The zero-order chi connectivity index (χ0) is 26.5. The second-order valence-electron chi connectivity index (χ2n) is 10.4. The van der Waals surface area contributed by atoms with Crippen molar-refractivity contribution in [1.29, 1.82) is 0 Å². The number of carboxylic acid groups (broad SMARTS) is 1. The lowest BCUT2D eigenvalue weighted by Crippen LogP contribution is -2.49. The maximum atomic E-state index is 13.6. The number of carboxylic acids is 1. The minimum atomic E-state index is -0.943. The highest BCUT2D eigenvalue weighted by atomic mass is 16.5. The van der Waals surface area contributed by atoms with Crippen molar-refractivity contribution in [2.45, 2.75) is 58.2 Å². The van der Waals surface area contributed by atoms with Crippen LogP contribution in [0.4, 0.5) is 0 Å². The summed E-state index contributed by atoms with van der Waals surface area (Å²) >= 11 is 0. The van der Waals surface area contributed by atoms with Crippen LogP contribution < -0.4 is 4.74 Å². The molecule has 0 spiro atoms. The highest BCUT2D eigenvalue weighted by Gasteiger charge is 2.34. The summed E-state index contributed by atoms with van der Waals surface area (Å²) in [5.74, 6) is -0.789. The van der Waals surface area contributed by atoms with Crippen molar-refractivity contribution in [2.75, 3.05) is 26.7 Å². The Balaban J connectivity index is 1.59. The number of carbonyl (C=O) groups is 2. The summed E-state index contributed by atoms with van der Waals surface area (Å²) in [6.07, 6.45) is 8.13. The normalized spacial score (nSPS) is 20.9. The number of rotatable bonds is 8. The molecule has 0 bridgehead atoms. The summed E-state index contributed by atoms with van der Waals surface area (Å²) in [6.45, 7) is 5.45. The Morgan fingerprint density at radius 1 is 1.27 bits per heavy atom. The van der Waals surface area contributed by atoms with Gasteiger partial charge in [-0.05, 0) is 74.6 Å². The van der Waals surface area contributed by atoms with Crippen molar-refractivity contribution in [3.8, 4) is 5.88 Å². The molecule has 0 saturated carbocycles. The van der Waals surface area contributed by atoms with Crippen LogP contribution in [0.3, 0.4) is 0 Å². The van der Waals surface area contributed by atoms with E-state index in [-0.39, 0.29) is 36.1 Å². The van der Waals surface area contributed by atoms with E-state index in [4.69, 9.17) is 9.84 Å². The minimum absolute atomic E-state index is 0.00883. The number of allylic oxidation sites excluding steroid dienone is 2. The highest BCUT2D eigenvalue weighted by Crippen LogP contribution is 2.32. The first-order valence-electron chi connectivity index (χ1n) is 13.1. The van der Waals surface area contributed by atoms with Crippen molar-refractivity contribution in [3.05, 3.63) is 64.9 Å². The number of likely N-dealkylation sites (N-methyl/N-ethyl adjacent to an activating group) is 1. The Morgan fingerprint density at radius 2 is 2.03 bits per heavy atom. The topological polar surface area (TPSA) is 103 Å². The van der Waals surface area contributed by atoms with Gasteiger partial charge in [-0.2, -0.15) is 0 Å². The number of amides is 1. The predicted octanol–water partition coefficient (Wildman–Crippen LogP) is 4.09. The molecule has 2 heterocycles. The van der Waals surface area contributed by atoms with Crippen LogP contribution in [0, 0.1) is 5.92 Å². The van der Waals surface area contributed by atoms with Crippen LogP contribution in [0.1, 0.15) is 71.4 Å². The Kier molecular flexibility index (Phi) is 8.61. The summed E-state index contributed by atoms with van der Waals surface area (Å²) in [5, 5.41) is 19.0. The highest BCUT2D eigenvalue weighted by molar-refractivity contribution is 5.97. The van der Waals surface area contributed by atoms with Gasteiger partial charge in [-0.15, -0.1) is 0 Å². The first-order chi connectivity index (χ1) is 17.8. The lowest BCUT2D eigenvalue weighted by molar-refractivity contribution is 0.0325. The van der Waals surface area contributed by atoms with Crippen LogP contribution in [0.15, 0.2) is 42.6 Å². The first-order valence-corrected chi connectivity index (χ1v) is 13.1. The van der Waals surface area contributed by atoms with E-state index in [9.17, 15) is 14.7 Å². The molecule has 2 N–H and O–H groups in total. The predicted molar refractivity (Wildman–Crippen MR) is 142 cm³/mol. The van der Waals surface area contributed by atoms with Gasteiger partial charge in [0.15, 0.2) is 0 Å². The molecule has 198 valence electrons. The molecule has 0 saturated heterocycles. The second-order valence-corrected chi connectivity index (χ2v) is 10.4. The molecule has 1 amide bonds. The number of aliphatic hydroxyl groups excluding tert-OH is 1. The van der Waals surface area contributed by atoms with Crippen LogP contribution in [0.25, 0.3) is 5.57 Å². The minimum Gasteiger partial charge on any atom is -0.478 e. The van der Waals surface area contributed by atoms with Gasteiger partial charge < -0.3 is 19.8 Å². The molecule has 4 rings (SSSR count). The van der Waals surface area contributed by atoms with Gasteiger partial charge in [0, 0.05) is 31.7 Å². The summed E-state index contributed by atoms with van der Waals surface area (Å²) < 4.78 is 6.42. The fourth-order valence-electron chi connectivity index (χ4n) is 5.03. The molecule has 3 atom stereocenters. The zero-order valence-electron chi connectivity index (χ0n) is 21.9. The SMILES string of the molecule is C[C@@H]1CN([C@H](C)CO)C(=O)c2cc(C3=CCCCC3)cnc2O[C@@H]1CN(C)Cc1ccc(C(=O)O)cc1. The Hall–Kier alpha value is -3.23. The number of carbonyl (C=O) groups excluding carboxylic acids is 1. The Bertz CT molecular complexity index is 1150. The third kappa shape index (κ3) is 6.37. The number of nitrogens with zero attached hydrogens (tertiary/aromatic N) is 3. The maximum absolute atomic E-state index is 13.6. The van der Waals surface area contributed by atoms with Gasteiger partial charge >= 0.3 is 5.97 Å². The molecule has 37 heavy (non-hydrogen) atoms. The Morgan fingerprint density at radius 3 is 2.68 bits per heavy atom. The van der Waals surface area contributed by atoms with Gasteiger partial charge in [-0.3, -0.25) is 9.69 Å². The molecule has 1 aliphatic carbocycles. The van der Waals surface area contributed by atoms with Gasteiger partial charge in [0.25, 0.3) is 5.91 Å². The quantitative estimate of drug-likeness (QED) is 0.555. The van der Waals surface area contributed by atoms with Crippen LogP contribution in [-0.2, 0) is 6.54 Å². The zero-order valence-corrected chi connectivity index (χ0v) is 21.9. The van der Waals surface area contributed by atoms with E-state index in [1.54, 1.807) is 23.2 Å². The van der Waals surface area contributed by atoms with Gasteiger partial charge in [0.1, 0.15) is 11.7 Å². The van der Waals surface area contributed by atoms with E-state index < -0.39 is 5.97 Å². The average molecular weight is 508 g/mol. The van der Waals surface area contributed by atoms with E-state index in [1.165, 1.54) is 12.0 Å². The third-order valence-electron chi connectivity index (χ3n) is 7.33. The number of aliphatic hydroxyl groups is 1. The van der Waals surface area contributed by atoms with Crippen molar-refractivity contribution >= 4 is 17.4 Å². The van der Waals surface area contributed by atoms with Crippen LogP contribution in [-0.4, -0.2) is 75.8 Å². The van der Waals surface area contributed by atoms with Gasteiger partial charge in [0.2, 0.25) is 5.88 Å². The van der Waals surface area contributed by atoms with Crippen LogP contribution >= 0.6 is 0 Å². The number of aromatic carboxylic acids is 1. The summed E-state index contributed by atoms with van der Waals surface area (Å²) in [4.78, 5) is 33.3. The summed E-state index contributed by atoms with van der Waals surface area (Å²) in [6, 6.07) is 8.44. The van der Waals surface area contributed by atoms with Crippen LogP contribution in [0.5, 0.6) is 5.88 Å². The van der Waals surface area contributed by atoms with Crippen LogP contribution in [0.2, 0.25) is 0 Å². The van der Waals surface area contributed by atoms with Crippen molar-refractivity contribution in [1.82, 2.24) is 14.8 Å². The molecule has 1 aromatic carbocycles. The first kappa shape index (κ1) is 26.8. The number of fused-ring (bicyclic) bond motifs is 1. The molecule has 0 radical (unpaired) electrons. The number of ether oxygens (including phenoxy) is 1. The Labute approximate surface area is 218 Å². The molecule has 1 aliphatic heterocycles. The molecule has 8 nitrogen and oxygen atoms in total. The third-order valence-corrected chi connectivity index (χ3v) is 7.33. The molecule has 1 aromatic heterocycles. The molecule has 0 fully saturated rings. The summed E-state index contributed by atoms with van der Waals surface area (Å²) in [7, 11) is 1.99. The number of aromatic nitrogens is 1. The van der Waals surface area contributed by atoms with E-state index in [0.29, 0.717) is 31.1 Å². The lowest BCUT2D eigenvalue weighted by Gasteiger charge is -2.37. The van der Waals surface area contributed by atoms with E-state index in [0.717, 1.165) is 30.4 Å². The molecule has 2 aliphatic rings. The lowest BCUT2D eigenvalue weighted by atomic mass is 9.93. The van der Waals surface area contributed by atoms with Crippen molar-refractivity contribution in [3.63, 3.8) is 0 Å². The fraction of sp³-hybridized carbons (Fsp3) is 0.483. The van der Waals surface area contributed by atoms with E-state index in [1.807, 2.05) is 32.2 Å². The fourth-order valence-corrected chi connectivity index (χ4v) is 5.03. The van der Waals surface area contributed by atoms with E-state index >= 15 is 0 Å². The van der Waals surface area contributed by atoms with Gasteiger partial charge in [0.05, 0.1) is 18.2 Å². The standard InChI is InChI=1S/C29H37N3O5/c1-19-15-32(20(2)18-33)28(34)25-13-24(22-7-5-4-6-8-22)14-30-27(25)37-26(19)17-31(3)16-21-9-11-23(12-10-21)29(35)36/h7,9-14,19-20,26,33H,4-6,8,15-18H2,1-3H3,(H,35,36)/t19-,20-,26-/m1/s1. The average Bonchev–Trinajstić information content (AvgIpc) is 2.90. The number of benzene rings is 1. The number of hydrogen-bond acceptors (Lipinski definition) is 6. The van der Waals surface area contributed by atoms with E-state index in [2.05, 4.69) is 22.9 Å². The monoisotopic (exact) mass is 507 g/mol.